The first-order valence-corrected chi connectivity index (χ1v) is 3.44. The molecule has 0 bridgehead atoms. The van der Waals surface area contributed by atoms with Gasteiger partial charge in [-0.05, 0) is 11.6 Å². The predicted molar refractivity (Wildman–Crippen MR) is 39.9 cm³/mol. The Kier molecular flexibility index (Phi) is 1.15. The van der Waals surface area contributed by atoms with Crippen molar-refractivity contribution in [1.82, 2.24) is 0 Å². The third-order valence-electron chi connectivity index (χ3n) is 1.80. The Morgan fingerprint density at radius 1 is 1.27 bits per heavy atom. The lowest BCUT2D eigenvalue weighted by Crippen LogP contribution is -2.14. The number of carbonyl (C=O) groups is 2. The Labute approximate surface area is 63.9 Å². The lowest BCUT2D eigenvalue weighted by Gasteiger charge is -2.07. The number of Topliss-reactive ketones (excluding diaryl/α,β-unsaturated/α-hetero) is 1. The zero-order valence-corrected chi connectivity index (χ0v) is 5.83. The summed E-state index contributed by atoms with van der Waals surface area (Å²) >= 11 is 0. The van der Waals surface area contributed by atoms with Gasteiger partial charge in [0.2, 0.25) is 0 Å². The number of hydrogen-bond acceptors (Lipinski definition) is 2. The molecule has 0 unspecified atom stereocenters. The zero-order valence-electron chi connectivity index (χ0n) is 5.83. The molecule has 54 valence electrons. The second-order valence-corrected chi connectivity index (χ2v) is 2.61. The summed E-state index contributed by atoms with van der Waals surface area (Å²) in [4.78, 5) is 22.0. The summed E-state index contributed by atoms with van der Waals surface area (Å²) in [5.74, 6) is -0.147. The summed E-state index contributed by atoms with van der Waals surface area (Å²) in [7, 11) is 0. The van der Waals surface area contributed by atoms with Crippen molar-refractivity contribution in [2.45, 2.75) is 6.42 Å². The maximum atomic E-state index is 11.1. The molecule has 2 heteroatoms. The number of hydrogen-bond donors (Lipinski definition) is 0. The van der Waals surface area contributed by atoms with Crippen LogP contribution in [-0.2, 0) is 9.59 Å². The molecular formula is C9H6O2. The summed E-state index contributed by atoms with van der Waals surface area (Å²) in [5.41, 5.74) is 1.45. The first kappa shape index (κ1) is 6.28. The molecule has 0 fully saturated rings. The molecule has 0 saturated carbocycles. The normalized spacial score (nSPS) is 21.5. The van der Waals surface area contributed by atoms with Gasteiger partial charge in [-0.15, -0.1) is 0 Å². The van der Waals surface area contributed by atoms with Gasteiger partial charge >= 0.3 is 0 Å². The van der Waals surface area contributed by atoms with Crippen LogP contribution in [0.15, 0.2) is 35.5 Å². The number of allylic oxidation sites excluding steroid dienone is 6. The second-order valence-electron chi connectivity index (χ2n) is 2.61. The molecule has 0 aromatic heterocycles. The van der Waals surface area contributed by atoms with Gasteiger partial charge in [0.1, 0.15) is 0 Å². The highest BCUT2D eigenvalue weighted by Gasteiger charge is 2.22. The summed E-state index contributed by atoms with van der Waals surface area (Å²) in [6, 6.07) is 0. The fourth-order valence-corrected chi connectivity index (χ4v) is 1.29. The highest BCUT2D eigenvalue weighted by Crippen LogP contribution is 2.24. The summed E-state index contributed by atoms with van der Waals surface area (Å²) in [5, 5.41) is 0. The Bertz CT molecular complexity index is 329. The minimum atomic E-state index is -0.0892. The van der Waals surface area contributed by atoms with Crippen LogP contribution in [0.4, 0.5) is 0 Å². The molecule has 2 aliphatic rings. The van der Waals surface area contributed by atoms with Gasteiger partial charge in [0.15, 0.2) is 11.6 Å². The van der Waals surface area contributed by atoms with Gasteiger partial charge in [0.05, 0.1) is 6.42 Å². The van der Waals surface area contributed by atoms with Crippen molar-refractivity contribution >= 4 is 11.6 Å². The topological polar surface area (TPSA) is 34.1 Å². The van der Waals surface area contributed by atoms with Crippen molar-refractivity contribution in [2.75, 3.05) is 0 Å². The molecule has 2 aliphatic carbocycles. The largest absolute Gasteiger partial charge is 0.294 e. The molecular weight excluding hydrogens is 140 g/mol. The van der Waals surface area contributed by atoms with Crippen LogP contribution in [0.5, 0.6) is 0 Å². The first-order chi connectivity index (χ1) is 5.27. The van der Waals surface area contributed by atoms with E-state index in [2.05, 4.69) is 0 Å². The molecule has 2 nitrogen and oxygen atoms in total. The molecule has 0 radical (unpaired) electrons. The fourth-order valence-electron chi connectivity index (χ4n) is 1.29. The number of fused-ring (bicyclic) bond motifs is 1. The van der Waals surface area contributed by atoms with Crippen LogP contribution in [-0.4, -0.2) is 11.6 Å². The van der Waals surface area contributed by atoms with Gasteiger partial charge in [0.25, 0.3) is 0 Å². The third-order valence-corrected chi connectivity index (χ3v) is 1.80. The van der Waals surface area contributed by atoms with Gasteiger partial charge < -0.3 is 0 Å². The molecule has 0 aromatic carbocycles. The van der Waals surface area contributed by atoms with Crippen LogP contribution in [0.2, 0.25) is 0 Å². The van der Waals surface area contributed by atoms with Crippen LogP contribution in [0.3, 0.4) is 0 Å². The van der Waals surface area contributed by atoms with Gasteiger partial charge in [0, 0.05) is 5.57 Å². The first-order valence-electron chi connectivity index (χ1n) is 3.44. The van der Waals surface area contributed by atoms with E-state index in [-0.39, 0.29) is 18.0 Å². The minimum absolute atomic E-state index is 0.0387. The van der Waals surface area contributed by atoms with E-state index < -0.39 is 0 Å². The van der Waals surface area contributed by atoms with E-state index in [0.29, 0.717) is 5.57 Å². The van der Waals surface area contributed by atoms with E-state index in [0.717, 1.165) is 5.57 Å². The van der Waals surface area contributed by atoms with Gasteiger partial charge in [-0.1, -0.05) is 18.2 Å². The zero-order chi connectivity index (χ0) is 7.84. The van der Waals surface area contributed by atoms with Crippen molar-refractivity contribution in [3.63, 3.8) is 0 Å². The number of ketones is 2. The van der Waals surface area contributed by atoms with Crippen molar-refractivity contribution in [1.29, 1.82) is 0 Å². The highest BCUT2D eigenvalue weighted by molar-refractivity contribution is 6.18. The van der Waals surface area contributed by atoms with Crippen LogP contribution in [0.1, 0.15) is 6.42 Å². The van der Waals surface area contributed by atoms with E-state index in [1.165, 1.54) is 6.08 Å². The van der Waals surface area contributed by atoms with Crippen molar-refractivity contribution in [3.05, 3.63) is 35.5 Å². The fraction of sp³-hybridized carbons (Fsp3) is 0.111. The standard InChI is InChI=1S/C9H6O2/c10-7-4-6-2-1-3-8(6)9(11)5-7/h1-4H,5H2. The monoisotopic (exact) mass is 146 g/mol. The van der Waals surface area contributed by atoms with E-state index in [1.54, 1.807) is 18.2 Å². The summed E-state index contributed by atoms with van der Waals surface area (Å²) in [6.45, 7) is 0. The van der Waals surface area contributed by atoms with E-state index in [4.69, 9.17) is 0 Å². The summed E-state index contributed by atoms with van der Waals surface area (Å²) in [6.07, 6.45) is 6.89. The maximum absolute atomic E-state index is 11.1. The lowest BCUT2D eigenvalue weighted by atomic mass is 9.94. The van der Waals surface area contributed by atoms with Gasteiger partial charge in [-0.3, -0.25) is 9.59 Å². The van der Waals surface area contributed by atoms with Crippen LogP contribution < -0.4 is 0 Å². The van der Waals surface area contributed by atoms with Crippen LogP contribution >= 0.6 is 0 Å². The SMILES string of the molecule is O=C1C=C2C=CC=C2C(=O)C1. The van der Waals surface area contributed by atoms with Gasteiger partial charge in [-0.2, -0.15) is 0 Å². The predicted octanol–water partition coefficient (Wildman–Crippen LogP) is 0.951. The Hall–Kier alpha value is -1.44. The van der Waals surface area contributed by atoms with Crippen LogP contribution in [0, 0.1) is 0 Å². The molecule has 0 heterocycles. The number of carbonyl (C=O) groups excluding carboxylic acids is 2. The van der Waals surface area contributed by atoms with E-state index >= 15 is 0 Å². The molecule has 0 N–H and O–H groups in total. The summed E-state index contributed by atoms with van der Waals surface area (Å²) < 4.78 is 0. The maximum Gasteiger partial charge on any atom is 0.171 e. The molecule has 0 spiro atoms. The minimum Gasteiger partial charge on any atom is -0.294 e. The quantitative estimate of drug-likeness (QED) is 0.477. The molecule has 0 saturated heterocycles. The average Bonchev–Trinajstić information content (AvgIpc) is 2.34. The smallest absolute Gasteiger partial charge is 0.171 e. The van der Waals surface area contributed by atoms with Crippen molar-refractivity contribution in [2.24, 2.45) is 0 Å². The molecule has 0 amide bonds. The molecule has 0 atom stereocenters. The van der Waals surface area contributed by atoms with E-state index in [9.17, 15) is 9.59 Å². The highest BCUT2D eigenvalue weighted by atomic mass is 16.1. The van der Waals surface area contributed by atoms with Crippen LogP contribution in [0.25, 0.3) is 0 Å². The molecule has 11 heavy (non-hydrogen) atoms. The lowest BCUT2D eigenvalue weighted by molar-refractivity contribution is -0.122. The molecule has 0 aromatic rings. The van der Waals surface area contributed by atoms with E-state index in [1.807, 2.05) is 0 Å². The van der Waals surface area contributed by atoms with Gasteiger partial charge in [-0.25, -0.2) is 0 Å². The Morgan fingerprint density at radius 3 is 2.91 bits per heavy atom. The molecule has 0 aliphatic heterocycles. The van der Waals surface area contributed by atoms with Crippen molar-refractivity contribution < 1.29 is 9.59 Å². The molecule has 2 rings (SSSR count). The third kappa shape index (κ3) is 0.871. The number of rotatable bonds is 0. The Balaban J connectivity index is 2.53. The average molecular weight is 146 g/mol. The second kappa shape index (κ2) is 2.02. The Morgan fingerprint density at radius 2 is 2.09 bits per heavy atom. The van der Waals surface area contributed by atoms with Crippen molar-refractivity contribution in [3.8, 4) is 0 Å².